The number of hydrogen-bond acceptors (Lipinski definition) is 2. The van der Waals surface area contributed by atoms with Crippen LogP contribution in [-0.4, -0.2) is 15.3 Å². The number of nitrogens with one attached hydrogen (secondary N) is 1. The lowest BCUT2D eigenvalue weighted by Crippen LogP contribution is -2.15. The third kappa shape index (κ3) is 3.77. The Kier molecular flexibility index (Phi) is 5.11. The monoisotopic (exact) mass is 383 g/mol. The van der Waals surface area contributed by atoms with E-state index in [0.717, 1.165) is 30.2 Å². The van der Waals surface area contributed by atoms with Gasteiger partial charge in [-0.2, -0.15) is 0 Å². The van der Waals surface area contributed by atoms with E-state index in [1.54, 1.807) is 10.6 Å². The summed E-state index contributed by atoms with van der Waals surface area (Å²) in [6.45, 7) is 1.93. The van der Waals surface area contributed by atoms with Crippen LogP contribution >= 0.6 is 0 Å². The molecule has 4 rings (SSSR count). The van der Waals surface area contributed by atoms with Gasteiger partial charge in [0.2, 0.25) is 5.91 Å². The second-order valence-corrected chi connectivity index (χ2v) is 7.60. The molecule has 6 heteroatoms. The minimum atomic E-state index is -0.581. The van der Waals surface area contributed by atoms with Crippen molar-refractivity contribution in [3.8, 4) is 11.3 Å². The number of aryl methyl sites for hydroxylation is 1. The average molecular weight is 383 g/mol. The van der Waals surface area contributed by atoms with Crippen molar-refractivity contribution in [3.05, 3.63) is 53.7 Å². The zero-order valence-electron chi connectivity index (χ0n) is 15.8. The first-order valence-corrected chi connectivity index (χ1v) is 9.75. The lowest BCUT2D eigenvalue weighted by Gasteiger charge is -2.11. The number of aromatic nitrogens is 2. The number of benzene rings is 1. The summed E-state index contributed by atoms with van der Waals surface area (Å²) < 4.78 is 29.9. The molecule has 0 saturated heterocycles. The summed E-state index contributed by atoms with van der Waals surface area (Å²) in [5.41, 5.74) is 1.83. The summed E-state index contributed by atoms with van der Waals surface area (Å²) in [7, 11) is 0. The number of pyridine rings is 1. The number of nitrogens with zero attached hydrogens (tertiary/aromatic N) is 2. The van der Waals surface area contributed by atoms with Gasteiger partial charge in [-0.1, -0.05) is 25.7 Å². The number of halogens is 2. The van der Waals surface area contributed by atoms with Crippen LogP contribution in [0, 0.1) is 24.5 Å². The average Bonchev–Trinajstić information content (AvgIpc) is 3.30. The number of amides is 1. The van der Waals surface area contributed by atoms with E-state index in [4.69, 9.17) is 0 Å². The molecule has 1 saturated carbocycles. The first-order chi connectivity index (χ1) is 13.5. The van der Waals surface area contributed by atoms with Crippen molar-refractivity contribution in [2.24, 2.45) is 5.92 Å². The first-order valence-electron chi connectivity index (χ1n) is 9.75. The van der Waals surface area contributed by atoms with Gasteiger partial charge in [-0.3, -0.25) is 9.20 Å². The maximum Gasteiger partial charge on any atom is 0.225 e. The van der Waals surface area contributed by atoms with Gasteiger partial charge in [-0.25, -0.2) is 13.8 Å². The fraction of sp³-hybridized carbons (Fsp3) is 0.364. The van der Waals surface area contributed by atoms with Crippen LogP contribution in [0.2, 0.25) is 0 Å². The molecule has 2 heterocycles. The zero-order chi connectivity index (χ0) is 19.7. The van der Waals surface area contributed by atoms with Crippen molar-refractivity contribution in [3.63, 3.8) is 0 Å². The summed E-state index contributed by atoms with van der Waals surface area (Å²) in [6, 6.07) is 6.98. The van der Waals surface area contributed by atoms with Crippen LogP contribution in [0.3, 0.4) is 0 Å². The molecule has 3 aromatic rings. The summed E-state index contributed by atoms with van der Waals surface area (Å²) >= 11 is 0. The molecule has 0 aliphatic heterocycles. The molecule has 1 fully saturated rings. The lowest BCUT2D eigenvalue weighted by atomic mass is 10.0. The smallest absolute Gasteiger partial charge is 0.225 e. The Bertz CT molecular complexity index is 1020. The van der Waals surface area contributed by atoms with Crippen molar-refractivity contribution >= 4 is 17.4 Å². The van der Waals surface area contributed by atoms with E-state index in [0.29, 0.717) is 23.8 Å². The molecule has 28 heavy (non-hydrogen) atoms. The number of fused-ring (bicyclic) bond motifs is 1. The Balaban J connectivity index is 1.68. The van der Waals surface area contributed by atoms with Crippen molar-refractivity contribution < 1.29 is 13.6 Å². The van der Waals surface area contributed by atoms with Crippen LogP contribution in [0.15, 0.2) is 36.5 Å². The molecule has 0 atom stereocenters. The molecule has 0 bridgehead atoms. The Labute approximate surface area is 162 Å². The van der Waals surface area contributed by atoms with E-state index < -0.39 is 11.6 Å². The highest BCUT2D eigenvalue weighted by molar-refractivity contribution is 5.94. The Morgan fingerprint density at radius 1 is 1.21 bits per heavy atom. The number of carbonyl (C=O) groups excluding carboxylic acids is 1. The van der Waals surface area contributed by atoms with Gasteiger partial charge in [0.05, 0.1) is 0 Å². The fourth-order valence-electron chi connectivity index (χ4n) is 3.96. The third-order valence-corrected chi connectivity index (χ3v) is 5.48. The molecule has 1 amide bonds. The van der Waals surface area contributed by atoms with Gasteiger partial charge in [0.25, 0.3) is 0 Å². The van der Waals surface area contributed by atoms with Crippen LogP contribution in [0.1, 0.15) is 44.1 Å². The van der Waals surface area contributed by atoms with Gasteiger partial charge in [0, 0.05) is 18.2 Å². The Morgan fingerprint density at radius 3 is 2.79 bits per heavy atom. The number of carbonyl (C=O) groups is 1. The summed E-state index contributed by atoms with van der Waals surface area (Å²) in [5.74, 6) is -0.287. The fourth-order valence-corrected chi connectivity index (χ4v) is 3.96. The molecule has 0 radical (unpaired) electrons. The van der Waals surface area contributed by atoms with E-state index in [2.05, 4.69) is 10.3 Å². The predicted molar refractivity (Wildman–Crippen MR) is 105 cm³/mol. The van der Waals surface area contributed by atoms with Crippen LogP contribution < -0.4 is 5.32 Å². The largest absolute Gasteiger partial charge is 0.310 e. The Morgan fingerprint density at radius 2 is 2.00 bits per heavy atom. The topological polar surface area (TPSA) is 46.4 Å². The lowest BCUT2D eigenvalue weighted by molar-refractivity contribution is -0.116. The molecule has 1 aromatic carbocycles. The second kappa shape index (κ2) is 7.70. The maximum atomic E-state index is 14.4. The van der Waals surface area contributed by atoms with Crippen molar-refractivity contribution in [1.82, 2.24) is 9.38 Å². The summed E-state index contributed by atoms with van der Waals surface area (Å²) in [5, 5.41) is 2.89. The standard InChI is InChI=1S/C22H23F2N3O/c1-14-10-11-27-19(12-14)25-21(17-13-16(23)7-8-18(17)24)22(27)26-20(28)9-6-15-4-2-3-5-15/h7-8,10-13,15H,2-6,9H2,1H3,(H,26,28). The number of imidazole rings is 1. The van der Waals surface area contributed by atoms with Gasteiger partial charge in [-0.05, 0) is 55.2 Å². The van der Waals surface area contributed by atoms with Crippen molar-refractivity contribution in [1.29, 1.82) is 0 Å². The quantitative estimate of drug-likeness (QED) is 0.633. The van der Waals surface area contributed by atoms with E-state index in [9.17, 15) is 13.6 Å². The van der Waals surface area contributed by atoms with E-state index in [1.807, 2.05) is 19.1 Å². The molecule has 1 aliphatic carbocycles. The number of rotatable bonds is 5. The third-order valence-electron chi connectivity index (χ3n) is 5.48. The first kappa shape index (κ1) is 18.6. The van der Waals surface area contributed by atoms with E-state index in [1.165, 1.54) is 25.7 Å². The van der Waals surface area contributed by atoms with Crippen LogP contribution in [0.25, 0.3) is 16.9 Å². The van der Waals surface area contributed by atoms with Crippen molar-refractivity contribution in [2.45, 2.75) is 45.4 Å². The SMILES string of the molecule is Cc1ccn2c(NC(=O)CCC3CCCC3)c(-c3cc(F)ccc3F)nc2c1. The minimum absolute atomic E-state index is 0.0347. The van der Waals surface area contributed by atoms with Crippen molar-refractivity contribution in [2.75, 3.05) is 5.32 Å². The molecule has 0 spiro atoms. The molecule has 0 unspecified atom stereocenters. The van der Waals surface area contributed by atoms with E-state index >= 15 is 0 Å². The summed E-state index contributed by atoms with van der Waals surface area (Å²) in [4.78, 5) is 17.1. The van der Waals surface area contributed by atoms with Crippen LogP contribution in [-0.2, 0) is 4.79 Å². The van der Waals surface area contributed by atoms with Gasteiger partial charge in [0.1, 0.15) is 28.8 Å². The highest BCUT2D eigenvalue weighted by atomic mass is 19.1. The molecule has 2 aromatic heterocycles. The molecule has 146 valence electrons. The molecule has 1 N–H and O–H groups in total. The molecular weight excluding hydrogens is 360 g/mol. The highest BCUT2D eigenvalue weighted by Crippen LogP contribution is 2.32. The van der Waals surface area contributed by atoms with Gasteiger partial charge >= 0.3 is 0 Å². The zero-order valence-corrected chi connectivity index (χ0v) is 15.8. The molecule has 4 nitrogen and oxygen atoms in total. The predicted octanol–water partition coefficient (Wildman–Crippen LogP) is 5.50. The van der Waals surface area contributed by atoms with E-state index in [-0.39, 0.29) is 17.2 Å². The maximum absolute atomic E-state index is 14.4. The van der Waals surface area contributed by atoms with Gasteiger partial charge < -0.3 is 5.32 Å². The van der Waals surface area contributed by atoms with Gasteiger partial charge in [0.15, 0.2) is 0 Å². The number of hydrogen-bond donors (Lipinski definition) is 1. The summed E-state index contributed by atoms with van der Waals surface area (Å²) in [6.07, 6.45) is 7.89. The Hall–Kier alpha value is -2.76. The number of anilines is 1. The second-order valence-electron chi connectivity index (χ2n) is 7.60. The van der Waals surface area contributed by atoms with Gasteiger partial charge in [-0.15, -0.1) is 0 Å². The molecular formula is C22H23F2N3O. The highest BCUT2D eigenvalue weighted by Gasteiger charge is 2.21. The van der Waals surface area contributed by atoms with Crippen LogP contribution in [0.4, 0.5) is 14.6 Å². The molecule has 1 aliphatic rings. The van der Waals surface area contributed by atoms with Crippen LogP contribution in [0.5, 0.6) is 0 Å². The normalized spacial score (nSPS) is 14.7. The minimum Gasteiger partial charge on any atom is -0.310 e.